The number of rotatable bonds is 3. The van der Waals surface area contributed by atoms with Crippen molar-refractivity contribution in [3.8, 4) is 0 Å². The van der Waals surface area contributed by atoms with Crippen molar-refractivity contribution >= 4 is 27.3 Å². The molecule has 5 rings (SSSR count). The molecule has 0 fully saturated rings. The molecule has 4 aromatic rings. The van der Waals surface area contributed by atoms with Gasteiger partial charge in [-0.2, -0.15) is 0 Å². The Kier molecular flexibility index (Phi) is 6.05. The number of fused-ring (bicyclic) bond motifs is 5. The van der Waals surface area contributed by atoms with E-state index in [4.69, 9.17) is 0 Å². The van der Waals surface area contributed by atoms with E-state index < -0.39 is 0 Å². The summed E-state index contributed by atoms with van der Waals surface area (Å²) in [5.74, 6) is 0.244. The molecule has 0 N–H and O–H groups in total. The summed E-state index contributed by atoms with van der Waals surface area (Å²) < 4.78 is 0. The summed E-state index contributed by atoms with van der Waals surface area (Å²) in [6, 6.07) is 27.4. The lowest BCUT2D eigenvalue weighted by Gasteiger charge is -2.18. The molecule has 0 aromatic heterocycles. The van der Waals surface area contributed by atoms with Crippen LogP contribution >= 0.6 is 0 Å². The van der Waals surface area contributed by atoms with E-state index in [1.807, 2.05) is 37.3 Å². The van der Waals surface area contributed by atoms with Gasteiger partial charge >= 0.3 is 0 Å². The van der Waals surface area contributed by atoms with Gasteiger partial charge in [0.1, 0.15) is 0 Å². The molecule has 0 aliphatic heterocycles. The van der Waals surface area contributed by atoms with E-state index in [-0.39, 0.29) is 5.78 Å². The van der Waals surface area contributed by atoms with Crippen LogP contribution in [-0.2, 0) is 12.8 Å². The normalized spacial score (nSPS) is 12.9. The molecule has 29 heavy (non-hydrogen) atoms. The molecule has 1 nitrogen and oxygen atoms in total. The van der Waals surface area contributed by atoms with Crippen LogP contribution in [0.4, 0.5) is 0 Å². The molecule has 0 radical (unpaired) electrons. The number of benzene rings is 4. The smallest absolute Gasteiger partial charge is 0.162 e. The monoisotopic (exact) mass is 380 g/mol. The van der Waals surface area contributed by atoms with E-state index >= 15 is 0 Å². The van der Waals surface area contributed by atoms with Crippen molar-refractivity contribution in [3.05, 3.63) is 95.6 Å². The van der Waals surface area contributed by atoms with Crippen LogP contribution in [0.1, 0.15) is 54.1 Å². The second-order valence-corrected chi connectivity index (χ2v) is 7.83. The van der Waals surface area contributed by atoms with Crippen molar-refractivity contribution in [3.63, 3.8) is 0 Å². The molecule has 1 aliphatic rings. The second kappa shape index (κ2) is 9.05. The van der Waals surface area contributed by atoms with E-state index in [2.05, 4.69) is 48.5 Å². The molecule has 0 atom stereocenters. The first kappa shape index (κ1) is 19.4. The SMILES string of the molecule is CCCC(=O)c1ccccc1.c1ccc2c(c1)ccc1c3c(ccc12)CCCC3. The molecule has 146 valence electrons. The first-order chi connectivity index (χ1) is 14.3. The summed E-state index contributed by atoms with van der Waals surface area (Å²) in [6.45, 7) is 2.01. The van der Waals surface area contributed by atoms with E-state index in [1.165, 1.54) is 47.2 Å². The maximum absolute atomic E-state index is 11.2. The predicted molar refractivity (Wildman–Crippen MR) is 124 cm³/mol. The first-order valence-electron chi connectivity index (χ1n) is 10.8. The minimum absolute atomic E-state index is 0.244. The van der Waals surface area contributed by atoms with Gasteiger partial charge in [0, 0.05) is 12.0 Å². The molecule has 1 heteroatoms. The van der Waals surface area contributed by atoms with Crippen LogP contribution in [-0.4, -0.2) is 5.78 Å². The Morgan fingerprint density at radius 1 is 0.724 bits per heavy atom. The molecule has 0 bridgehead atoms. The summed E-state index contributed by atoms with van der Waals surface area (Å²) in [6.07, 6.45) is 6.80. The number of hydrogen-bond acceptors (Lipinski definition) is 1. The minimum Gasteiger partial charge on any atom is -0.294 e. The summed E-state index contributed by atoms with van der Waals surface area (Å²) in [4.78, 5) is 11.2. The highest BCUT2D eigenvalue weighted by Gasteiger charge is 2.13. The zero-order valence-electron chi connectivity index (χ0n) is 17.2. The van der Waals surface area contributed by atoms with Crippen LogP contribution in [0.3, 0.4) is 0 Å². The summed E-state index contributed by atoms with van der Waals surface area (Å²) in [7, 11) is 0. The summed E-state index contributed by atoms with van der Waals surface area (Å²) in [5.41, 5.74) is 4.00. The number of carbonyl (C=O) groups excluding carboxylic acids is 1. The molecule has 0 heterocycles. The van der Waals surface area contributed by atoms with Gasteiger partial charge in [-0.25, -0.2) is 0 Å². The van der Waals surface area contributed by atoms with Gasteiger partial charge in [-0.05, 0) is 64.8 Å². The highest BCUT2D eigenvalue weighted by molar-refractivity contribution is 6.08. The Bertz CT molecular complexity index is 1130. The van der Waals surface area contributed by atoms with Crippen molar-refractivity contribution in [1.29, 1.82) is 0 Å². The van der Waals surface area contributed by atoms with Crippen LogP contribution in [0.5, 0.6) is 0 Å². The van der Waals surface area contributed by atoms with Crippen molar-refractivity contribution in [2.45, 2.75) is 45.4 Å². The average molecular weight is 381 g/mol. The van der Waals surface area contributed by atoms with Gasteiger partial charge in [0.25, 0.3) is 0 Å². The lowest BCUT2D eigenvalue weighted by Crippen LogP contribution is -2.02. The lowest BCUT2D eigenvalue weighted by atomic mass is 9.86. The zero-order chi connectivity index (χ0) is 20.1. The molecule has 0 unspecified atom stereocenters. The second-order valence-electron chi connectivity index (χ2n) is 7.83. The van der Waals surface area contributed by atoms with Crippen LogP contribution in [0.25, 0.3) is 21.5 Å². The Hall–Kier alpha value is -2.93. The van der Waals surface area contributed by atoms with Crippen LogP contribution in [0.15, 0.2) is 78.9 Å². The molecule has 0 amide bonds. The van der Waals surface area contributed by atoms with Gasteiger partial charge in [0.05, 0.1) is 0 Å². The maximum Gasteiger partial charge on any atom is 0.162 e. The number of Topliss-reactive ketones (excluding diaryl/α,β-unsaturated/α-hetero) is 1. The van der Waals surface area contributed by atoms with Crippen molar-refractivity contribution < 1.29 is 4.79 Å². The van der Waals surface area contributed by atoms with Crippen LogP contribution < -0.4 is 0 Å². The molecule has 0 saturated carbocycles. The van der Waals surface area contributed by atoms with Crippen molar-refractivity contribution in [2.24, 2.45) is 0 Å². The number of hydrogen-bond donors (Lipinski definition) is 0. The highest BCUT2D eigenvalue weighted by atomic mass is 16.1. The van der Waals surface area contributed by atoms with Gasteiger partial charge in [-0.15, -0.1) is 0 Å². The fourth-order valence-corrected chi connectivity index (χ4v) is 4.34. The van der Waals surface area contributed by atoms with Crippen LogP contribution in [0, 0.1) is 0 Å². The van der Waals surface area contributed by atoms with Crippen molar-refractivity contribution in [1.82, 2.24) is 0 Å². The largest absolute Gasteiger partial charge is 0.294 e. The van der Waals surface area contributed by atoms with Crippen molar-refractivity contribution in [2.75, 3.05) is 0 Å². The quantitative estimate of drug-likeness (QED) is 0.265. The highest BCUT2D eigenvalue weighted by Crippen LogP contribution is 2.33. The maximum atomic E-state index is 11.2. The third-order valence-corrected chi connectivity index (χ3v) is 5.83. The Labute approximate surface area is 173 Å². The molecule has 4 aromatic carbocycles. The zero-order valence-corrected chi connectivity index (χ0v) is 17.2. The lowest BCUT2D eigenvalue weighted by molar-refractivity contribution is 0.0981. The molecule has 0 spiro atoms. The number of ketones is 1. The Balaban J connectivity index is 0.000000161. The Morgan fingerprint density at radius 3 is 2.28 bits per heavy atom. The molecular formula is C28H28O. The summed E-state index contributed by atoms with van der Waals surface area (Å²) in [5, 5.41) is 5.64. The topological polar surface area (TPSA) is 17.1 Å². The third-order valence-electron chi connectivity index (χ3n) is 5.83. The van der Waals surface area contributed by atoms with Gasteiger partial charge < -0.3 is 0 Å². The molecule has 0 saturated heterocycles. The molecular weight excluding hydrogens is 352 g/mol. The average Bonchev–Trinajstić information content (AvgIpc) is 2.80. The number of carbonyl (C=O) groups is 1. The fourth-order valence-electron chi connectivity index (χ4n) is 4.34. The van der Waals surface area contributed by atoms with E-state index in [0.717, 1.165) is 12.0 Å². The fraction of sp³-hybridized carbons (Fsp3) is 0.250. The van der Waals surface area contributed by atoms with Gasteiger partial charge in [0.2, 0.25) is 0 Å². The van der Waals surface area contributed by atoms with Gasteiger partial charge in [-0.1, -0.05) is 85.8 Å². The Morgan fingerprint density at radius 2 is 1.45 bits per heavy atom. The molecule has 1 aliphatic carbocycles. The van der Waals surface area contributed by atoms with Crippen LogP contribution in [0.2, 0.25) is 0 Å². The van der Waals surface area contributed by atoms with Gasteiger partial charge in [0.15, 0.2) is 5.78 Å². The van der Waals surface area contributed by atoms with E-state index in [1.54, 1.807) is 11.1 Å². The standard InChI is InChI=1S/C18H16.C10H12O/c1-3-7-15-13(5-1)9-11-18-16-8-4-2-6-14(16)10-12-17(15)18;1-2-6-10(11)9-7-4-3-5-8-9/h1,3,5,7,9-12H,2,4,6,8H2;3-5,7-8H,2,6H2,1H3. The minimum atomic E-state index is 0.244. The third kappa shape index (κ3) is 4.24. The summed E-state index contributed by atoms with van der Waals surface area (Å²) >= 11 is 0. The van der Waals surface area contributed by atoms with E-state index in [0.29, 0.717) is 6.42 Å². The van der Waals surface area contributed by atoms with E-state index in [9.17, 15) is 4.79 Å². The number of aryl methyl sites for hydroxylation is 2. The first-order valence-corrected chi connectivity index (χ1v) is 10.8. The predicted octanol–water partition coefficient (Wildman–Crippen LogP) is 7.54. The van der Waals surface area contributed by atoms with Gasteiger partial charge in [-0.3, -0.25) is 4.79 Å².